The number of halogens is 1. The summed E-state index contributed by atoms with van der Waals surface area (Å²) < 4.78 is 1.04. The zero-order valence-electron chi connectivity index (χ0n) is 16.6. The zero-order chi connectivity index (χ0) is 20.5. The minimum absolute atomic E-state index is 0.0148. The lowest BCUT2D eigenvalue weighted by atomic mass is 10.1. The predicted molar refractivity (Wildman–Crippen MR) is 120 cm³/mol. The summed E-state index contributed by atoms with van der Waals surface area (Å²) in [4.78, 5) is 27.1. The van der Waals surface area contributed by atoms with Crippen molar-refractivity contribution in [3.63, 3.8) is 0 Å². The van der Waals surface area contributed by atoms with Crippen molar-refractivity contribution < 1.29 is 9.59 Å². The van der Waals surface area contributed by atoms with Gasteiger partial charge >= 0.3 is 0 Å². The van der Waals surface area contributed by atoms with E-state index in [-0.39, 0.29) is 11.8 Å². The average molecular weight is 463 g/mol. The van der Waals surface area contributed by atoms with Crippen LogP contribution in [-0.4, -0.2) is 35.6 Å². The fraction of sp³-hybridized carbons (Fsp3) is 0.364. The van der Waals surface area contributed by atoms with E-state index >= 15 is 0 Å². The Morgan fingerprint density at radius 1 is 1.14 bits per heavy atom. The van der Waals surface area contributed by atoms with Gasteiger partial charge in [-0.15, -0.1) is 11.8 Å². The summed E-state index contributed by atoms with van der Waals surface area (Å²) in [5.41, 5.74) is 3.35. The highest BCUT2D eigenvalue weighted by Gasteiger charge is 2.27. The number of likely N-dealkylation sites (N-methyl/N-ethyl adjacent to an activating group) is 1. The summed E-state index contributed by atoms with van der Waals surface area (Å²) in [5, 5.41) is 2.69. The third-order valence-corrected chi connectivity index (χ3v) is 5.99. The lowest BCUT2D eigenvalue weighted by molar-refractivity contribution is -0.139. The highest BCUT2D eigenvalue weighted by atomic mass is 79.9. The molecule has 0 aliphatic rings. The third-order valence-electron chi connectivity index (χ3n) is 4.48. The van der Waals surface area contributed by atoms with Crippen molar-refractivity contribution in [2.45, 2.75) is 38.6 Å². The molecule has 6 heteroatoms. The summed E-state index contributed by atoms with van der Waals surface area (Å²) in [7, 11) is 1.61. The van der Waals surface area contributed by atoms with Crippen LogP contribution in [-0.2, 0) is 21.9 Å². The van der Waals surface area contributed by atoms with Gasteiger partial charge in [0, 0.05) is 23.8 Å². The van der Waals surface area contributed by atoms with Crippen molar-refractivity contribution >= 4 is 39.5 Å². The summed E-state index contributed by atoms with van der Waals surface area (Å²) in [6.45, 7) is 4.40. The lowest BCUT2D eigenvalue weighted by Gasteiger charge is -2.30. The molecule has 0 saturated heterocycles. The zero-order valence-corrected chi connectivity index (χ0v) is 19.0. The molecule has 4 nitrogen and oxygen atoms in total. The molecule has 0 fully saturated rings. The third kappa shape index (κ3) is 6.67. The maximum atomic E-state index is 13.0. The normalized spacial score (nSPS) is 11.7. The quantitative estimate of drug-likeness (QED) is 0.594. The van der Waals surface area contributed by atoms with Gasteiger partial charge < -0.3 is 10.2 Å². The molecule has 2 aromatic rings. The van der Waals surface area contributed by atoms with Crippen LogP contribution in [0, 0.1) is 6.92 Å². The lowest BCUT2D eigenvalue weighted by Crippen LogP contribution is -2.48. The van der Waals surface area contributed by atoms with Crippen LogP contribution in [0.15, 0.2) is 53.0 Å². The fourth-order valence-corrected chi connectivity index (χ4v) is 4.15. The SMILES string of the molecule is CC[C@H](C(=O)NC)N(Cc1cccc(C)c1)C(=O)CSCc1ccc(Br)cc1. The number of carbonyl (C=O) groups excluding carboxylic acids is 2. The maximum absolute atomic E-state index is 13.0. The van der Waals surface area contributed by atoms with Gasteiger partial charge in [0.05, 0.1) is 5.75 Å². The molecule has 0 radical (unpaired) electrons. The van der Waals surface area contributed by atoms with E-state index in [1.807, 2.05) is 56.3 Å². The standard InChI is InChI=1S/C22H27BrN2O2S/c1-4-20(22(27)24-3)25(13-18-7-5-6-16(2)12-18)21(26)15-28-14-17-8-10-19(23)11-9-17/h5-12,20H,4,13-15H2,1-3H3,(H,24,27)/t20-/m1/s1. The Balaban J connectivity index is 2.08. The number of nitrogens with one attached hydrogen (secondary N) is 1. The van der Waals surface area contributed by atoms with E-state index < -0.39 is 6.04 Å². The average Bonchev–Trinajstić information content (AvgIpc) is 2.69. The van der Waals surface area contributed by atoms with Crippen molar-refractivity contribution in [3.05, 3.63) is 69.7 Å². The Bertz CT molecular complexity index is 795. The fourth-order valence-electron chi connectivity index (χ4n) is 3.01. The number of benzene rings is 2. The molecule has 2 rings (SSSR count). The Labute approximate surface area is 180 Å². The monoisotopic (exact) mass is 462 g/mol. The molecule has 28 heavy (non-hydrogen) atoms. The number of thioether (sulfide) groups is 1. The van der Waals surface area contributed by atoms with E-state index in [2.05, 4.69) is 27.3 Å². The molecule has 150 valence electrons. The molecule has 1 N–H and O–H groups in total. The van der Waals surface area contributed by atoms with Crippen LogP contribution < -0.4 is 5.32 Å². The van der Waals surface area contributed by atoms with E-state index in [1.165, 1.54) is 5.56 Å². The largest absolute Gasteiger partial charge is 0.357 e. The molecule has 0 saturated carbocycles. The molecule has 1 atom stereocenters. The molecule has 0 aromatic heterocycles. The van der Waals surface area contributed by atoms with Crippen LogP contribution in [0.3, 0.4) is 0 Å². The Hall–Kier alpha value is -1.79. The number of amides is 2. The van der Waals surface area contributed by atoms with E-state index in [0.29, 0.717) is 18.7 Å². The van der Waals surface area contributed by atoms with E-state index in [9.17, 15) is 9.59 Å². The Morgan fingerprint density at radius 2 is 1.86 bits per heavy atom. The van der Waals surface area contributed by atoms with E-state index in [1.54, 1.807) is 23.7 Å². The van der Waals surface area contributed by atoms with Crippen LogP contribution in [0.4, 0.5) is 0 Å². The van der Waals surface area contributed by atoms with Crippen LogP contribution in [0.5, 0.6) is 0 Å². The van der Waals surface area contributed by atoms with E-state index in [4.69, 9.17) is 0 Å². The molecular formula is C22H27BrN2O2S. The number of hydrogen-bond acceptors (Lipinski definition) is 3. The van der Waals surface area contributed by atoms with E-state index in [0.717, 1.165) is 21.4 Å². The first-order valence-corrected chi connectivity index (χ1v) is 11.3. The molecule has 0 unspecified atom stereocenters. The van der Waals surface area contributed by atoms with Crippen LogP contribution >= 0.6 is 27.7 Å². The van der Waals surface area contributed by atoms with Gasteiger partial charge in [-0.3, -0.25) is 9.59 Å². The highest BCUT2D eigenvalue weighted by molar-refractivity contribution is 9.10. The highest BCUT2D eigenvalue weighted by Crippen LogP contribution is 2.19. The summed E-state index contributed by atoms with van der Waals surface area (Å²) in [6.07, 6.45) is 0.578. The number of carbonyl (C=O) groups is 2. The van der Waals surface area contributed by atoms with Gasteiger partial charge in [-0.25, -0.2) is 0 Å². The molecule has 2 aromatic carbocycles. The smallest absolute Gasteiger partial charge is 0.242 e. The van der Waals surface area contributed by atoms with Crippen molar-refractivity contribution in [2.24, 2.45) is 0 Å². The minimum atomic E-state index is -0.466. The Morgan fingerprint density at radius 3 is 2.46 bits per heavy atom. The van der Waals surface area contributed by atoms with Crippen molar-refractivity contribution in [2.75, 3.05) is 12.8 Å². The van der Waals surface area contributed by atoms with Gasteiger partial charge in [0.15, 0.2) is 0 Å². The van der Waals surface area contributed by atoms with Crippen molar-refractivity contribution in [1.29, 1.82) is 0 Å². The van der Waals surface area contributed by atoms with Crippen LogP contribution in [0.25, 0.3) is 0 Å². The number of rotatable bonds is 9. The molecule has 0 heterocycles. The molecule has 0 bridgehead atoms. The molecule has 0 aliphatic carbocycles. The molecule has 0 aliphatic heterocycles. The molecular weight excluding hydrogens is 436 g/mol. The van der Waals surface area contributed by atoms with Gasteiger partial charge in [-0.1, -0.05) is 64.8 Å². The topological polar surface area (TPSA) is 49.4 Å². The molecule has 2 amide bonds. The van der Waals surface area contributed by atoms with Gasteiger partial charge in [0.2, 0.25) is 11.8 Å². The Kier molecular flexibility index (Phi) is 9.06. The molecule has 0 spiro atoms. The number of nitrogens with zero attached hydrogens (tertiary/aromatic N) is 1. The minimum Gasteiger partial charge on any atom is -0.357 e. The van der Waals surface area contributed by atoms with Gasteiger partial charge in [0.1, 0.15) is 6.04 Å². The van der Waals surface area contributed by atoms with Crippen molar-refractivity contribution in [3.8, 4) is 0 Å². The summed E-state index contributed by atoms with van der Waals surface area (Å²) in [5.74, 6) is 0.962. The first-order chi connectivity index (χ1) is 13.4. The van der Waals surface area contributed by atoms with Gasteiger partial charge in [-0.05, 0) is 36.6 Å². The van der Waals surface area contributed by atoms with Gasteiger partial charge in [0.25, 0.3) is 0 Å². The first-order valence-electron chi connectivity index (χ1n) is 9.33. The summed E-state index contributed by atoms with van der Waals surface area (Å²) >= 11 is 5.00. The van der Waals surface area contributed by atoms with Crippen LogP contribution in [0.1, 0.15) is 30.0 Å². The van der Waals surface area contributed by atoms with Crippen LogP contribution in [0.2, 0.25) is 0 Å². The number of hydrogen-bond donors (Lipinski definition) is 1. The predicted octanol–water partition coefficient (Wildman–Crippen LogP) is 4.54. The van der Waals surface area contributed by atoms with Crippen molar-refractivity contribution in [1.82, 2.24) is 10.2 Å². The first kappa shape index (κ1) is 22.5. The second-order valence-corrected chi connectivity index (χ2v) is 8.57. The van der Waals surface area contributed by atoms with Gasteiger partial charge in [-0.2, -0.15) is 0 Å². The second kappa shape index (κ2) is 11.3. The maximum Gasteiger partial charge on any atom is 0.242 e. The number of aryl methyl sites for hydroxylation is 1. The second-order valence-electron chi connectivity index (χ2n) is 6.67. The summed E-state index contributed by atoms with van der Waals surface area (Å²) in [6, 6.07) is 15.7.